The second-order valence-corrected chi connectivity index (χ2v) is 27.8. The van der Waals surface area contributed by atoms with Crippen LogP contribution in [-0.2, 0) is 9.59 Å². The van der Waals surface area contributed by atoms with E-state index in [4.69, 9.17) is 8.85 Å². The number of carbonyl (C=O) groups excluding carboxylic acids is 2. The molecule has 0 spiro atoms. The first-order chi connectivity index (χ1) is 20.9. The van der Waals surface area contributed by atoms with Crippen LogP contribution in [0.5, 0.6) is 11.5 Å². The number of hydrogen-bond acceptors (Lipinski definition) is 5. The van der Waals surface area contributed by atoms with Crippen molar-refractivity contribution in [1.82, 2.24) is 0 Å². The predicted molar refractivity (Wildman–Crippen MR) is 192 cm³/mol. The highest BCUT2D eigenvalue weighted by Crippen LogP contribution is 2.64. The molecule has 46 heavy (non-hydrogen) atoms. The fraction of sp³-hybridized carbons (Fsp3) is 0.641. The fourth-order valence-electron chi connectivity index (χ4n) is 7.74. The van der Waals surface area contributed by atoms with Crippen molar-refractivity contribution in [2.24, 2.45) is 35.0 Å². The van der Waals surface area contributed by atoms with Gasteiger partial charge in [-0.1, -0.05) is 77.5 Å². The lowest BCUT2D eigenvalue weighted by atomic mass is 9.48. The number of rotatable bonds is 7. The van der Waals surface area contributed by atoms with Crippen LogP contribution in [0.1, 0.15) is 86.6 Å². The quantitative estimate of drug-likeness (QED) is 0.233. The summed E-state index contributed by atoms with van der Waals surface area (Å²) in [5.41, 5.74) is -0.293. The van der Waals surface area contributed by atoms with Crippen LogP contribution in [0.2, 0.25) is 36.3 Å². The summed E-state index contributed by atoms with van der Waals surface area (Å²) in [7, 11) is -4.50. The summed E-state index contributed by atoms with van der Waals surface area (Å²) >= 11 is 0. The molecule has 2 bridgehead atoms. The monoisotopic (exact) mass is 662 g/mol. The minimum absolute atomic E-state index is 0.00262. The number of fused-ring (bicyclic) bond motifs is 6. The van der Waals surface area contributed by atoms with Gasteiger partial charge in [-0.3, -0.25) is 9.59 Å². The van der Waals surface area contributed by atoms with Gasteiger partial charge in [0.1, 0.15) is 23.1 Å². The second kappa shape index (κ2) is 11.2. The number of allylic oxidation sites excluding steroid dienone is 5. The van der Waals surface area contributed by atoms with Gasteiger partial charge in [0.25, 0.3) is 0 Å². The highest BCUT2D eigenvalue weighted by molar-refractivity contribution is 6.75. The molecule has 0 amide bonds. The Morgan fingerprint density at radius 1 is 0.870 bits per heavy atom. The van der Waals surface area contributed by atoms with Gasteiger partial charge in [0.2, 0.25) is 16.6 Å². The maximum atomic E-state index is 15.3. The van der Waals surface area contributed by atoms with Crippen LogP contribution in [0.15, 0.2) is 54.2 Å². The zero-order valence-corrected chi connectivity index (χ0v) is 32.6. The van der Waals surface area contributed by atoms with Gasteiger partial charge in [0, 0.05) is 29.2 Å². The molecule has 0 unspecified atom stereocenters. The van der Waals surface area contributed by atoms with Crippen molar-refractivity contribution in [3.8, 4) is 11.5 Å². The fourth-order valence-corrected chi connectivity index (χ4v) is 9.80. The van der Waals surface area contributed by atoms with E-state index in [0.717, 1.165) is 29.1 Å². The zero-order valence-electron chi connectivity index (χ0n) is 30.6. The molecule has 7 heteroatoms. The molecule has 1 aromatic carbocycles. The molecule has 5 nitrogen and oxygen atoms in total. The Morgan fingerprint density at radius 2 is 1.43 bits per heavy atom. The van der Waals surface area contributed by atoms with Crippen molar-refractivity contribution < 1.29 is 23.5 Å². The number of carbonyl (C=O) groups is 2. The number of benzene rings is 1. The van der Waals surface area contributed by atoms with Crippen LogP contribution < -0.4 is 8.85 Å². The molecule has 0 radical (unpaired) electrons. The first kappa shape index (κ1) is 35.1. The molecule has 2 fully saturated rings. The summed E-state index contributed by atoms with van der Waals surface area (Å²) in [6, 6.07) is 6.16. The molecule has 0 heterocycles. The summed E-state index contributed by atoms with van der Waals surface area (Å²) in [5, 5.41) is 10.9. The predicted octanol–water partition coefficient (Wildman–Crippen LogP) is 9.41. The van der Waals surface area contributed by atoms with E-state index in [0.29, 0.717) is 6.42 Å². The van der Waals surface area contributed by atoms with E-state index in [1.807, 2.05) is 18.2 Å². The third-order valence-electron chi connectivity index (χ3n) is 12.4. The summed E-state index contributed by atoms with van der Waals surface area (Å²) in [6.45, 7) is 27.9. The first-order valence-corrected chi connectivity index (χ1v) is 23.1. The Labute approximate surface area is 280 Å². The van der Waals surface area contributed by atoms with Gasteiger partial charge in [0.15, 0.2) is 0 Å². The van der Waals surface area contributed by atoms with E-state index in [1.54, 1.807) is 19.9 Å². The number of Topliss-reactive ketones (excluding diaryl/α,β-unsaturated/α-hetero) is 2. The van der Waals surface area contributed by atoms with E-state index < -0.39 is 39.5 Å². The van der Waals surface area contributed by atoms with Crippen LogP contribution in [0, 0.1) is 35.0 Å². The van der Waals surface area contributed by atoms with Crippen LogP contribution in [-0.4, -0.2) is 38.9 Å². The van der Waals surface area contributed by atoms with Crippen LogP contribution in [0.3, 0.4) is 0 Å². The smallest absolute Gasteiger partial charge is 0.250 e. The van der Waals surface area contributed by atoms with E-state index >= 15 is 4.79 Å². The van der Waals surface area contributed by atoms with Crippen LogP contribution in [0.25, 0.3) is 0 Å². The van der Waals surface area contributed by atoms with Gasteiger partial charge >= 0.3 is 0 Å². The molecule has 5 rings (SSSR count). The average molecular weight is 663 g/mol. The van der Waals surface area contributed by atoms with E-state index in [9.17, 15) is 9.90 Å². The van der Waals surface area contributed by atoms with Crippen molar-refractivity contribution in [2.75, 3.05) is 0 Å². The summed E-state index contributed by atoms with van der Waals surface area (Å²) in [6.07, 6.45) is 11.6. The Bertz CT molecular complexity index is 1500. The molecule has 1 aromatic rings. The van der Waals surface area contributed by atoms with Crippen LogP contribution >= 0.6 is 0 Å². The normalized spacial score (nSPS) is 31.7. The minimum Gasteiger partial charge on any atom is -0.543 e. The molecule has 2 saturated carbocycles. The maximum Gasteiger partial charge on any atom is 0.250 e. The number of ketones is 2. The Kier molecular flexibility index (Phi) is 8.52. The van der Waals surface area contributed by atoms with Crippen LogP contribution in [0.4, 0.5) is 0 Å². The lowest BCUT2D eigenvalue weighted by Gasteiger charge is -2.53. The highest BCUT2D eigenvalue weighted by Gasteiger charge is 2.67. The van der Waals surface area contributed by atoms with Gasteiger partial charge in [-0.25, -0.2) is 0 Å². The number of aliphatic hydroxyl groups is 1. The Balaban J connectivity index is 1.77. The second-order valence-electron chi connectivity index (χ2n) is 18.4. The highest BCUT2D eigenvalue weighted by atomic mass is 28.4. The first-order valence-electron chi connectivity index (χ1n) is 17.3. The summed E-state index contributed by atoms with van der Waals surface area (Å²) in [4.78, 5) is 30.0. The summed E-state index contributed by atoms with van der Waals surface area (Å²) in [5.74, 6) is 0.567. The molecular formula is C39H58O5Si2. The van der Waals surface area contributed by atoms with Crippen molar-refractivity contribution in [2.45, 2.75) is 123 Å². The molecule has 252 valence electrons. The van der Waals surface area contributed by atoms with E-state index in [2.05, 4.69) is 98.9 Å². The topological polar surface area (TPSA) is 72.8 Å². The standard InChI is InChI=1S/C39H58O5Si2/c1-24-20-29(28-23-27(43-45(10,11)36(2,3)4)16-17-31(28)44-46(12,13)37(5,6)7)39(19-18-38(8,9)42)30(21-24)34(40)32-25-14-15-26(22-25)33(32)35(39)41/h14-20,23,25-26,29-30,32-33,42H,21-22H2,1-13H3/t25-,26+,29-,30+,32-,33+,39+/m1/s1. The molecule has 4 aliphatic rings. The van der Waals surface area contributed by atoms with E-state index in [1.165, 1.54) is 0 Å². The largest absolute Gasteiger partial charge is 0.543 e. The van der Waals surface area contributed by atoms with Gasteiger partial charge in [-0.15, -0.1) is 0 Å². The van der Waals surface area contributed by atoms with Gasteiger partial charge in [0.05, 0.1) is 11.0 Å². The van der Waals surface area contributed by atoms with E-state index in [-0.39, 0.29) is 45.3 Å². The lowest BCUT2D eigenvalue weighted by Crippen LogP contribution is -2.58. The molecular weight excluding hydrogens is 605 g/mol. The SMILES string of the molecule is CC1=C[C@H](c2cc(O[Si](C)(C)C(C)(C)C)ccc2O[Si](C)(C)C(C)(C)C)[C@]2(C=CC(C)(C)O)C(=O)[C@@H]3[C@H](C(=O)[C@@H]2C1)[C@@H]1C=C[C@H]3C1. The molecule has 0 saturated heterocycles. The van der Waals surface area contributed by atoms with Gasteiger partial charge < -0.3 is 14.0 Å². The Morgan fingerprint density at radius 3 is 2.00 bits per heavy atom. The molecule has 1 N–H and O–H groups in total. The van der Waals surface area contributed by atoms with Gasteiger partial charge in [-0.05, 0) is 99.9 Å². The molecule has 0 aromatic heterocycles. The summed E-state index contributed by atoms with van der Waals surface area (Å²) < 4.78 is 14.0. The molecule has 7 atom stereocenters. The van der Waals surface area contributed by atoms with Gasteiger partial charge in [-0.2, -0.15) is 0 Å². The van der Waals surface area contributed by atoms with Crippen molar-refractivity contribution >= 4 is 28.2 Å². The maximum absolute atomic E-state index is 15.3. The van der Waals surface area contributed by atoms with Crippen molar-refractivity contribution in [1.29, 1.82) is 0 Å². The van der Waals surface area contributed by atoms with Crippen molar-refractivity contribution in [3.05, 3.63) is 59.7 Å². The molecule has 4 aliphatic carbocycles. The zero-order chi connectivity index (χ0) is 34.4. The number of hydrogen-bond donors (Lipinski definition) is 1. The minimum atomic E-state index is -2.30. The lowest BCUT2D eigenvalue weighted by molar-refractivity contribution is -0.154. The van der Waals surface area contributed by atoms with Crippen molar-refractivity contribution in [3.63, 3.8) is 0 Å². The Hall–Kier alpha value is -2.23. The third-order valence-corrected chi connectivity index (χ3v) is 21.1. The molecule has 0 aliphatic heterocycles. The average Bonchev–Trinajstić information content (AvgIpc) is 3.52. The third kappa shape index (κ3) is 5.87.